The summed E-state index contributed by atoms with van der Waals surface area (Å²) in [7, 11) is 6.98. The maximum absolute atomic E-state index is 13.8. The highest BCUT2D eigenvalue weighted by Crippen LogP contribution is 2.32. The molecule has 11 nitrogen and oxygen atoms in total. The van der Waals surface area contributed by atoms with Crippen LogP contribution < -0.4 is 21.7 Å². The normalized spacial score (nSPS) is 11.9. The summed E-state index contributed by atoms with van der Waals surface area (Å²) in [5, 5.41) is 13.3. The smallest absolute Gasteiger partial charge is 0.306 e. The third-order valence-corrected chi connectivity index (χ3v) is 14.0. The van der Waals surface area contributed by atoms with Gasteiger partial charge in [-0.15, -0.1) is 0 Å². The summed E-state index contributed by atoms with van der Waals surface area (Å²) in [5.74, 6) is -3.46. The van der Waals surface area contributed by atoms with Crippen LogP contribution >= 0.6 is 0 Å². The van der Waals surface area contributed by atoms with Gasteiger partial charge in [-0.25, -0.2) is 23.7 Å². The van der Waals surface area contributed by atoms with Crippen LogP contribution in [0.25, 0.3) is 131 Å². The summed E-state index contributed by atoms with van der Waals surface area (Å²) < 4.78 is 85.8. The Kier molecular flexibility index (Phi) is 12.3. The van der Waals surface area contributed by atoms with Crippen LogP contribution in [0.3, 0.4) is 0 Å². The minimum Gasteiger partial charge on any atom is -0.343 e. The Bertz CT molecular complexity index is 4910. The molecule has 0 bridgehead atoms. The molecule has 0 aliphatic rings. The standard InChI is InChI=1S/C34H21N5O2.C26H14F6N2O2/c1-19(36-2)10-20-6-8-29-25(12-20)33(40)27-14-22-17-32-28(15-23(22)16-31(27)38(29)4)34(41)26-13-21(11-24(18-35)37-3)7-9-30(26)39(32)5;1-33-17-5-3-11(21(27)25(29)30)7-13(17)23(35)15-10-20-16(9-19(15)33)24(36)14-8-12(22(28)26(31)32)4-6-18(14)34(20)2/h6-17H,1,4-5H3;3-10H,1-2H3/b19-10-,24-11+;. The average molecular weight is 1030 g/mol. The van der Waals surface area contributed by atoms with Crippen molar-refractivity contribution in [2.45, 2.75) is 6.92 Å². The predicted octanol–water partition coefficient (Wildman–Crippen LogP) is 13.7. The van der Waals surface area contributed by atoms with E-state index in [4.69, 9.17) is 18.4 Å². The fourth-order valence-electron chi connectivity index (χ4n) is 10.1. The lowest BCUT2D eigenvalue weighted by atomic mass is 9.99. The van der Waals surface area contributed by atoms with Crippen LogP contribution in [0, 0.1) is 24.5 Å². The van der Waals surface area contributed by atoms with Gasteiger partial charge in [-0.05, 0) is 132 Å². The van der Waals surface area contributed by atoms with Gasteiger partial charge in [0.25, 0.3) is 5.70 Å². The second kappa shape index (κ2) is 18.9. The van der Waals surface area contributed by atoms with Crippen molar-refractivity contribution in [3.05, 3.63) is 219 Å². The predicted molar refractivity (Wildman–Crippen MR) is 292 cm³/mol. The molecule has 0 aliphatic heterocycles. The van der Waals surface area contributed by atoms with E-state index in [0.29, 0.717) is 54.9 Å². The van der Waals surface area contributed by atoms with E-state index in [1.54, 1.807) is 48.4 Å². The summed E-state index contributed by atoms with van der Waals surface area (Å²) >= 11 is 0. The average Bonchev–Trinajstić information content (AvgIpc) is 3.45. The second-order valence-electron chi connectivity index (χ2n) is 18.3. The molecule has 0 fully saturated rings. The summed E-state index contributed by atoms with van der Waals surface area (Å²) in [5.41, 5.74) is 3.94. The van der Waals surface area contributed by atoms with E-state index in [-0.39, 0.29) is 38.1 Å². The molecular weight excluding hydrogens is 997 g/mol. The lowest BCUT2D eigenvalue weighted by Crippen LogP contribution is -2.13. The summed E-state index contributed by atoms with van der Waals surface area (Å²) in [4.78, 5) is 60.7. The summed E-state index contributed by atoms with van der Waals surface area (Å²) in [6.07, 6.45) is -1.78. The SMILES string of the molecule is Cn1c2ccc(C(F)=C(F)F)cc2c(=O)c2cc3c(cc21)c(=O)c1cc(C(F)=C(F)F)ccc1n3C.[C-]#[N+]/C(C)=C\c1ccc2c(c1)c(=O)c1cc3cc4c(cc3cc1n2C)c(=O)c1cc(/C=C(\C#N)[N+]#[C-])ccc1n4C. The molecule has 0 saturated heterocycles. The van der Waals surface area contributed by atoms with Crippen molar-refractivity contribution in [2.24, 2.45) is 28.2 Å². The van der Waals surface area contributed by atoms with Crippen LogP contribution in [0.2, 0.25) is 0 Å². The Hall–Kier alpha value is -10.3. The summed E-state index contributed by atoms with van der Waals surface area (Å²) in [6.45, 7) is 16.1. The number of rotatable bonds is 4. The highest BCUT2D eigenvalue weighted by molar-refractivity contribution is 6.08. The molecule has 0 N–H and O–H groups in total. The van der Waals surface area contributed by atoms with Crippen molar-refractivity contribution < 1.29 is 26.3 Å². The van der Waals surface area contributed by atoms with Gasteiger partial charge in [-0.1, -0.05) is 18.2 Å². The maximum atomic E-state index is 13.8. The minimum absolute atomic E-state index is 0.00388. The lowest BCUT2D eigenvalue weighted by molar-refractivity contribution is 0.410. The van der Waals surface area contributed by atoms with E-state index in [0.717, 1.165) is 62.7 Å². The molecule has 11 aromatic rings. The van der Waals surface area contributed by atoms with Crippen molar-refractivity contribution in [3.63, 3.8) is 0 Å². The van der Waals surface area contributed by atoms with Crippen molar-refractivity contribution in [2.75, 3.05) is 0 Å². The molecule has 0 saturated carbocycles. The molecule has 0 amide bonds. The van der Waals surface area contributed by atoms with Gasteiger partial charge in [-0.2, -0.15) is 17.6 Å². The van der Waals surface area contributed by atoms with Gasteiger partial charge in [0, 0.05) is 82.4 Å². The fourth-order valence-corrected chi connectivity index (χ4v) is 10.1. The zero-order chi connectivity index (χ0) is 55.0. The number of hydrogen-bond donors (Lipinski definition) is 0. The molecule has 4 aromatic heterocycles. The molecule has 0 unspecified atom stereocenters. The topological polar surface area (TPSA) is 121 Å². The van der Waals surface area contributed by atoms with Crippen molar-refractivity contribution in [1.82, 2.24) is 18.3 Å². The molecule has 0 spiro atoms. The van der Waals surface area contributed by atoms with Crippen molar-refractivity contribution in [3.8, 4) is 6.07 Å². The molecule has 0 radical (unpaired) electrons. The Balaban J connectivity index is 0.000000176. The first-order valence-corrected chi connectivity index (χ1v) is 23.2. The molecule has 0 atom stereocenters. The number of allylic oxidation sites excluding steroid dienone is 2. The van der Waals surface area contributed by atoms with Crippen LogP contribution in [-0.2, 0) is 28.2 Å². The van der Waals surface area contributed by atoms with Crippen LogP contribution in [0.1, 0.15) is 29.2 Å². The van der Waals surface area contributed by atoms with E-state index in [1.165, 1.54) is 30.3 Å². The van der Waals surface area contributed by atoms with Gasteiger partial charge < -0.3 is 18.3 Å². The number of benzene rings is 7. The zero-order valence-corrected chi connectivity index (χ0v) is 41.1. The number of aromatic nitrogens is 4. The zero-order valence-electron chi connectivity index (χ0n) is 41.1. The second-order valence-corrected chi connectivity index (χ2v) is 18.3. The highest BCUT2D eigenvalue weighted by atomic mass is 19.3. The van der Waals surface area contributed by atoms with E-state index in [1.807, 2.05) is 77.8 Å². The number of hydrogen-bond acceptors (Lipinski definition) is 5. The lowest BCUT2D eigenvalue weighted by Gasteiger charge is -2.15. The van der Waals surface area contributed by atoms with Crippen LogP contribution in [0.15, 0.2) is 152 Å². The molecule has 77 heavy (non-hydrogen) atoms. The number of halogens is 6. The Morgan fingerprint density at radius 3 is 1.12 bits per heavy atom. The molecule has 0 aliphatic carbocycles. The van der Waals surface area contributed by atoms with Gasteiger partial charge in [0.1, 0.15) is 0 Å². The van der Waals surface area contributed by atoms with Gasteiger partial charge >= 0.3 is 12.2 Å². The van der Waals surface area contributed by atoms with E-state index in [2.05, 4.69) is 9.69 Å². The minimum atomic E-state index is -2.51. The number of nitriles is 1. The maximum Gasteiger partial charge on any atom is 0.306 e. The van der Waals surface area contributed by atoms with Gasteiger partial charge in [0.05, 0.1) is 63.3 Å². The monoisotopic (exact) mass is 1030 g/mol. The number of nitrogens with zero attached hydrogens (tertiary/aromatic N) is 7. The van der Waals surface area contributed by atoms with Crippen molar-refractivity contribution >= 4 is 122 Å². The Labute approximate surface area is 430 Å². The highest BCUT2D eigenvalue weighted by Gasteiger charge is 2.20. The molecule has 11 rings (SSSR count). The summed E-state index contributed by atoms with van der Waals surface area (Å²) in [6, 6.07) is 30.3. The first-order chi connectivity index (χ1) is 36.7. The van der Waals surface area contributed by atoms with E-state index >= 15 is 0 Å². The molecule has 17 heteroatoms. The first-order valence-electron chi connectivity index (χ1n) is 23.2. The van der Waals surface area contributed by atoms with Gasteiger partial charge in [0.2, 0.25) is 0 Å². The third kappa shape index (κ3) is 8.25. The van der Waals surface area contributed by atoms with Crippen LogP contribution in [0.4, 0.5) is 26.3 Å². The van der Waals surface area contributed by atoms with Crippen LogP contribution in [-0.4, -0.2) is 18.3 Å². The number of fused-ring (bicyclic) bond motifs is 9. The van der Waals surface area contributed by atoms with Gasteiger partial charge in [0.15, 0.2) is 39.1 Å². The quantitative estimate of drug-likeness (QED) is 0.0752. The molecule has 4 heterocycles. The first kappa shape index (κ1) is 50.2. The molecule has 7 aromatic carbocycles. The van der Waals surface area contributed by atoms with E-state index in [9.17, 15) is 45.5 Å². The molecular formula is C60H35F6N7O4. The largest absolute Gasteiger partial charge is 0.343 e. The Morgan fingerprint density at radius 2 is 0.766 bits per heavy atom. The fraction of sp³-hybridized carbons (Fsp3) is 0.0833. The number of aryl methyl sites for hydroxylation is 4. The number of pyridine rings is 4. The Morgan fingerprint density at radius 1 is 0.442 bits per heavy atom. The third-order valence-electron chi connectivity index (χ3n) is 14.0. The van der Waals surface area contributed by atoms with Crippen LogP contribution in [0.5, 0.6) is 0 Å². The molecule has 376 valence electrons. The van der Waals surface area contributed by atoms with Crippen molar-refractivity contribution in [1.29, 1.82) is 5.26 Å². The van der Waals surface area contributed by atoms with E-state index < -0.39 is 45.8 Å². The van der Waals surface area contributed by atoms with Gasteiger partial charge in [-0.3, -0.25) is 19.2 Å².